The summed E-state index contributed by atoms with van der Waals surface area (Å²) in [6.07, 6.45) is 16.2. The minimum Gasteiger partial charge on any atom is -0.347 e. The molecule has 2 N–H and O–H groups in total. The molecule has 37 heavy (non-hydrogen) atoms. The fourth-order valence-electron chi connectivity index (χ4n) is 6.85. The Labute approximate surface area is 229 Å². The fourth-order valence-corrected chi connectivity index (χ4v) is 6.85. The molecule has 5 rings (SSSR count). The summed E-state index contributed by atoms with van der Waals surface area (Å²) >= 11 is 0. The van der Waals surface area contributed by atoms with Crippen molar-refractivity contribution in [3.63, 3.8) is 0 Å². The number of nitrogens with two attached hydrogens (primary N) is 1. The Kier molecular flexibility index (Phi) is 9.90. The summed E-state index contributed by atoms with van der Waals surface area (Å²) in [5, 5.41) is 1.31. The molecule has 2 saturated carbocycles. The van der Waals surface area contributed by atoms with E-state index in [2.05, 4.69) is 66.2 Å². The molecule has 0 aliphatic heterocycles. The molecule has 1 unspecified atom stereocenters. The number of aryl methyl sites for hydroxylation is 2. The molecule has 1 atom stereocenters. The Bertz CT molecular complexity index is 1150. The van der Waals surface area contributed by atoms with Crippen LogP contribution in [0.2, 0.25) is 0 Å². The molecule has 0 spiro atoms. The highest BCUT2D eigenvalue weighted by Crippen LogP contribution is 2.37. The van der Waals surface area contributed by atoms with Crippen LogP contribution in [-0.2, 0) is 11.3 Å². The van der Waals surface area contributed by atoms with E-state index >= 15 is 0 Å². The first-order valence-electron chi connectivity index (χ1n) is 14.5. The lowest BCUT2D eigenvalue weighted by Crippen LogP contribution is -2.27. The van der Waals surface area contributed by atoms with Crippen LogP contribution in [-0.4, -0.2) is 16.4 Å². The first-order valence-corrected chi connectivity index (χ1v) is 14.5. The number of benzene rings is 2. The monoisotopic (exact) mass is 520 g/mol. The first-order chi connectivity index (χ1) is 17.6. The van der Waals surface area contributed by atoms with Gasteiger partial charge in [-0.15, -0.1) is 12.4 Å². The normalized spacial score (nSPS) is 21.5. The van der Waals surface area contributed by atoms with E-state index in [-0.39, 0.29) is 18.3 Å². The molecule has 0 radical (unpaired) electrons. The van der Waals surface area contributed by atoms with Crippen molar-refractivity contribution in [3.8, 4) is 0 Å². The number of carbonyl (C=O) groups excluding carboxylic acids is 1. The van der Waals surface area contributed by atoms with Crippen molar-refractivity contribution < 1.29 is 4.79 Å². The van der Waals surface area contributed by atoms with Gasteiger partial charge in [0.05, 0.1) is 0 Å². The Morgan fingerprint density at radius 1 is 0.946 bits per heavy atom. The van der Waals surface area contributed by atoms with Crippen molar-refractivity contribution in [3.05, 3.63) is 71.4 Å². The molecule has 200 valence electrons. The van der Waals surface area contributed by atoms with E-state index in [1.165, 1.54) is 66.1 Å². The smallest absolute Gasteiger partial charge is 0.134 e. The minimum absolute atomic E-state index is 0. The zero-order chi connectivity index (χ0) is 24.9. The zero-order valence-electron chi connectivity index (χ0n) is 22.5. The maximum atomic E-state index is 13.5. The second kappa shape index (κ2) is 13.1. The van der Waals surface area contributed by atoms with Gasteiger partial charge in [0.25, 0.3) is 0 Å². The zero-order valence-corrected chi connectivity index (χ0v) is 23.4. The second-order valence-electron chi connectivity index (χ2n) is 11.8. The molecule has 0 saturated heterocycles. The molecule has 4 heteroatoms. The molecule has 1 aromatic heterocycles. The standard InChI is InChI=1S/C33H44N2O.ClH/c1-24-8-7-11-27(20-24)31(22-29(36)21-26-14-16-28(34)17-15-26)32-23-35(33-13-6-5-12-30(32)33)19-18-25-9-3-2-4-10-25;/h5-8,11-13,20,23,25-26,28,31H,2-4,9-10,14-19,21-22,34H2,1H3;1H. The van der Waals surface area contributed by atoms with E-state index in [9.17, 15) is 4.79 Å². The average molecular weight is 521 g/mol. The van der Waals surface area contributed by atoms with Gasteiger partial charge in [-0.25, -0.2) is 0 Å². The van der Waals surface area contributed by atoms with Crippen LogP contribution >= 0.6 is 12.4 Å². The number of hydrogen-bond acceptors (Lipinski definition) is 2. The molecule has 1 heterocycles. The summed E-state index contributed by atoms with van der Waals surface area (Å²) < 4.78 is 2.48. The van der Waals surface area contributed by atoms with Crippen molar-refractivity contribution in [2.24, 2.45) is 17.6 Å². The number of carbonyl (C=O) groups is 1. The molecule has 0 bridgehead atoms. The third-order valence-electron chi connectivity index (χ3n) is 8.98. The summed E-state index contributed by atoms with van der Waals surface area (Å²) in [5.41, 5.74) is 11.3. The molecule has 3 nitrogen and oxygen atoms in total. The summed E-state index contributed by atoms with van der Waals surface area (Å²) in [6, 6.07) is 18.0. The van der Waals surface area contributed by atoms with E-state index in [0.717, 1.165) is 38.1 Å². The van der Waals surface area contributed by atoms with Crippen LogP contribution in [0.1, 0.15) is 99.7 Å². The van der Waals surface area contributed by atoms with Gasteiger partial charge in [-0.1, -0.05) is 80.1 Å². The van der Waals surface area contributed by atoms with E-state index in [1.807, 2.05) is 0 Å². The molecule has 2 aliphatic carbocycles. The summed E-state index contributed by atoms with van der Waals surface area (Å²) in [4.78, 5) is 13.5. The number of rotatable bonds is 9. The summed E-state index contributed by atoms with van der Waals surface area (Å²) in [6.45, 7) is 3.23. The number of halogens is 1. The lowest BCUT2D eigenvalue weighted by atomic mass is 9.80. The second-order valence-corrected chi connectivity index (χ2v) is 11.8. The van der Waals surface area contributed by atoms with Gasteiger partial charge in [-0.2, -0.15) is 0 Å². The minimum atomic E-state index is 0. The number of fused-ring (bicyclic) bond motifs is 1. The number of hydrogen-bond donors (Lipinski definition) is 1. The van der Waals surface area contributed by atoms with E-state index in [0.29, 0.717) is 30.6 Å². The maximum absolute atomic E-state index is 13.5. The van der Waals surface area contributed by atoms with Gasteiger partial charge in [0, 0.05) is 48.4 Å². The predicted molar refractivity (Wildman–Crippen MR) is 158 cm³/mol. The van der Waals surface area contributed by atoms with E-state index in [1.54, 1.807) is 0 Å². The van der Waals surface area contributed by atoms with Crippen LogP contribution in [0.5, 0.6) is 0 Å². The number of aromatic nitrogens is 1. The fraction of sp³-hybridized carbons (Fsp3) is 0.545. The van der Waals surface area contributed by atoms with E-state index in [4.69, 9.17) is 5.73 Å². The third-order valence-corrected chi connectivity index (χ3v) is 8.98. The van der Waals surface area contributed by atoms with Crippen molar-refractivity contribution in [2.45, 2.75) is 102 Å². The van der Waals surface area contributed by atoms with Crippen LogP contribution in [0.25, 0.3) is 10.9 Å². The molecule has 2 aromatic carbocycles. The molecular weight excluding hydrogens is 476 g/mol. The highest BCUT2D eigenvalue weighted by molar-refractivity contribution is 5.87. The topological polar surface area (TPSA) is 48.0 Å². The van der Waals surface area contributed by atoms with Crippen molar-refractivity contribution in [1.29, 1.82) is 0 Å². The van der Waals surface area contributed by atoms with Crippen LogP contribution in [0.15, 0.2) is 54.7 Å². The van der Waals surface area contributed by atoms with Crippen LogP contribution in [0.4, 0.5) is 0 Å². The first kappa shape index (κ1) is 27.9. The van der Waals surface area contributed by atoms with Gasteiger partial charge < -0.3 is 10.3 Å². The Balaban J connectivity index is 0.00000320. The SMILES string of the molecule is Cc1cccc(C(CC(=O)CC2CCC(N)CC2)c2cn(CCC3CCCCC3)c3ccccc23)c1.Cl. The number of Topliss-reactive ketones (excluding diaryl/α,β-unsaturated/α-hetero) is 1. The lowest BCUT2D eigenvalue weighted by molar-refractivity contribution is -0.120. The van der Waals surface area contributed by atoms with E-state index < -0.39 is 0 Å². The Morgan fingerprint density at radius 2 is 1.70 bits per heavy atom. The van der Waals surface area contributed by atoms with Crippen molar-refractivity contribution in [2.75, 3.05) is 0 Å². The molecule has 0 amide bonds. The number of ketones is 1. The van der Waals surface area contributed by atoms with Gasteiger partial charge >= 0.3 is 0 Å². The third kappa shape index (κ3) is 7.06. The van der Waals surface area contributed by atoms with Crippen molar-refractivity contribution >= 4 is 29.1 Å². The Morgan fingerprint density at radius 3 is 2.46 bits per heavy atom. The quantitative estimate of drug-likeness (QED) is 0.308. The summed E-state index contributed by atoms with van der Waals surface area (Å²) in [5.74, 6) is 1.87. The molecular formula is C33H45ClN2O. The largest absolute Gasteiger partial charge is 0.347 e. The predicted octanol–water partition coefficient (Wildman–Crippen LogP) is 8.34. The number of para-hydroxylation sites is 1. The van der Waals surface area contributed by atoms with Gasteiger partial charge in [0.15, 0.2) is 0 Å². The highest BCUT2D eigenvalue weighted by Gasteiger charge is 2.26. The van der Waals surface area contributed by atoms with Gasteiger partial charge in [0.2, 0.25) is 0 Å². The van der Waals surface area contributed by atoms with Gasteiger partial charge in [0.1, 0.15) is 5.78 Å². The average Bonchev–Trinajstić information content (AvgIpc) is 3.26. The van der Waals surface area contributed by atoms with Gasteiger partial charge in [-0.05, 0) is 68.1 Å². The molecule has 2 fully saturated rings. The molecule has 2 aliphatic rings. The Hall–Kier alpha value is -2.10. The van der Waals surface area contributed by atoms with Gasteiger partial charge in [-0.3, -0.25) is 4.79 Å². The number of nitrogens with zero attached hydrogens (tertiary/aromatic N) is 1. The van der Waals surface area contributed by atoms with Crippen LogP contribution in [0.3, 0.4) is 0 Å². The van der Waals surface area contributed by atoms with Crippen LogP contribution < -0.4 is 5.73 Å². The van der Waals surface area contributed by atoms with Crippen LogP contribution in [0, 0.1) is 18.8 Å². The lowest BCUT2D eigenvalue weighted by Gasteiger charge is -2.26. The van der Waals surface area contributed by atoms with Crippen molar-refractivity contribution in [1.82, 2.24) is 4.57 Å². The maximum Gasteiger partial charge on any atom is 0.134 e. The highest BCUT2D eigenvalue weighted by atomic mass is 35.5. The summed E-state index contributed by atoms with van der Waals surface area (Å²) in [7, 11) is 0. The molecule has 3 aromatic rings.